The van der Waals surface area contributed by atoms with E-state index in [9.17, 15) is 0 Å². The number of para-hydroxylation sites is 2. The Kier molecular flexibility index (Phi) is 7.01. The molecule has 1 spiro atoms. The van der Waals surface area contributed by atoms with Gasteiger partial charge in [-0.25, -0.2) is 0 Å². The normalized spacial score (nSPS) is 23.8. The van der Waals surface area contributed by atoms with Crippen LogP contribution in [0.1, 0.15) is 69.6 Å². The topological polar surface area (TPSA) is 6.48 Å². The van der Waals surface area contributed by atoms with Gasteiger partial charge in [-0.3, -0.25) is 0 Å². The largest absolute Gasteiger partial charge is 0.311 e. The number of hydrogen-bond donors (Lipinski definition) is 0. The quantitative estimate of drug-likeness (QED) is 0.166. The predicted molar refractivity (Wildman–Crippen MR) is 248 cm³/mol. The second-order valence-corrected chi connectivity index (χ2v) is 19.8. The van der Waals surface area contributed by atoms with E-state index in [0.717, 1.165) is 11.8 Å². The summed E-state index contributed by atoms with van der Waals surface area (Å²) in [5.41, 5.74) is 21.8. The molecule has 0 radical (unpaired) electrons. The summed E-state index contributed by atoms with van der Waals surface area (Å²) in [5, 5.41) is 0. The fourth-order valence-corrected chi connectivity index (χ4v) is 13.6. The first-order chi connectivity index (χ1) is 28.9. The Morgan fingerprint density at radius 1 is 0.475 bits per heavy atom. The number of hydrogen-bond acceptors (Lipinski definition) is 2. The van der Waals surface area contributed by atoms with Gasteiger partial charge >= 0.3 is 0 Å². The van der Waals surface area contributed by atoms with E-state index in [1.165, 1.54) is 110 Å². The lowest BCUT2D eigenvalue weighted by Gasteiger charge is -2.64. The summed E-state index contributed by atoms with van der Waals surface area (Å²) in [4.78, 5) is 5.33. The summed E-state index contributed by atoms with van der Waals surface area (Å²) in [6.07, 6.45) is 7.00. The molecule has 4 bridgehead atoms. The standard InChI is InChI=1S/C56H49BN2/c1-55(2,3)41-24-25-47-52(34-41)58(44-32-39(37-14-6-4-7-15-37)31-40(33-44)38-16-8-5-9-17-38)50-22-13-23-51-53(50)57(47)48-20-12-19-46-54(48)59(51)49-21-11-10-18-45(49)56(46)42-27-35-26-36(29-42)30-43(56)28-35/h4-25,31-36,42-43H,26-30H2,1-3H3. The molecular formula is C56H49BN2. The maximum absolute atomic E-state index is 2.72. The Hall–Kier alpha value is -5.80. The molecule has 4 fully saturated rings. The molecule has 0 atom stereocenters. The summed E-state index contributed by atoms with van der Waals surface area (Å²) in [6, 6.07) is 60.8. The van der Waals surface area contributed by atoms with Crippen molar-refractivity contribution in [2.75, 3.05) is 9.80 Å². The van der Waals surface area contributed by atoms with Crippen LogP contribution in [0.25, 0.3) is 22.3 Å². The van der Waals surface area contributed by atoms with Gasteiger partial charge in [0.15, 0.2) is 0 Å². The molecule has 4 saturated carbocycles. The summed E-state index contributed by atoms with van der Waals surface area (Å²) < 4.78 is 0. The van der Waals surface area contributed by atoms with E-state index in [2.05, 4.69) is 188 Å². The van der Waals surface area contributed by atoms with E-state index in [1.807, 2.05) is 0 Å². The van der Waals surface area contributed by atoms with Crippen LogP contribution >= 0.6 is 0 Å². The number of rotatable bonds is 3. The van der Waals surface area contributed by atoms with Crippen LogP contribution in [0.5, 0.6) is 0 Å². The van der Waals surface area contributed by atoms with Crippen LogP contribution in [0.3, 0.4) is 0 Å². The van der Waals surface area contributed by atoms with Gasteiger partial charge in [0.25, 0.3) is 6.71 Å². The van der Waals surface area contributed by atoms with E-state index >= 15 is 0 Å². The van der Waals surface area contributed by atoms with Gasteiger partial charge in [0, 0.05) is 33.9 Å². The van der Waals surface area contributed by atoms with Crippen LogP contribution < -0.4 is 26.2 Å². The molecule has 7 aromatic carbocycles. The number of benzene rings is 7. The second kappa shape index (κ2) is 12.1. The summed E-state index contributed by atoms with van der Waals surface area (Å²) in [7, 11) is 0. The minimum absolute atomic E-state index is 0.00521. The van der Waals surface area contributed by atoms with Crippen molar-refractivity contribution < 1.29 is 0 Å². The third kappa shape index (κ3) is 4.65. The maximum atomic E-state index is 2.72. The Morgan fingerprint density at radius 3 is 1.71 bits per heavy atom. The molecule has 3 heteroatoms. The van der Waals surface area contributed by atoms with Gasteiger partial charge in [0.1, 0.15) is 0 Å². The summed E-state index contributed by atoms with van der Waals surface area (Å²) in [5.74, 6) is 3.24. The highest BCUT2D eigenvalue weighted by molar-refractivity contribution is 7.00. The van der Waals surface area contributed by atoms with Crippen molar-refractivity contribution in [2.45, 2.75) is 63.7 Å². The first-order valence-electron chi connectivity index (χ1n) is 22.2. The molecule has 0 amide bonds. The van der Waals surface area contributed by atoms with Gasteiger partial charge < -0.3 is 9.80 Å². The van der Waals surface area contributed by atoms with Gasteiger partial charge in [-0.1, -0.05) is 136 Å². The smallest absolute Gasteiger partial charge is 0.252 e. The van der Waals surface area contributed by atoms with Crippen molar-refractivity contribution in [3.8, 4) is 22.3 Å². The molecule has 7 aromatic rings. The minimum atomic E-state index is -0.00521. The zero-order chi connectivity index (χ0) is 39.2. The van der Waals surface area contributed by atoms with E-state index < -0.39 is 0 Å². The SMILES string of the molecule is CC(C)(C)c1ccc2c(c1)N(c1cc(-c3ccccc3)cc(-c3ccccc3)c1)c1cccc3c1B2c1cccc2c1N3c1ccccc1C21C2CC3CC(C2)CC1C3. The van der Waals surface area contributed by atoms with Crippen LogP contribution in [0.15, 0.2) is 158 Å². The second-order valence-electron chi connectivity index (χ2n) is 19.8. The zero-order valence-electron chi connectivity index (χ0n) is 34.3. The molecule has 4 aliphatic carbocycles. The van der Waals surface area contributed by atoms with Crippen molar-refractivity contribution >= 4 is 57.2 Å². The lowest BCUT2D eigenvalue weighted by atomic mass is 9.32. The first kappa shape index (κ1) is 34.1. The van der Waals surface area contributed by atoms with Crippen molar-refractivity contribution in [1.29, 1.82) is 0 Å². The lowest BCUT2D eigenvalue weighted by Crippen LogP contribution is -2.64. The highest BCUT2D eigenvalue weighted by atomic mass is 15.2. The molecule has 59 heavy (non-hydrogen) atoms. The number of anilines is 6. The third-order valence-electron chi connectivity index (χ3n) is 15.7. The molecule has 14 rings (SSSR count). The van der Waals surface area contributed by atoms with E-state index in [0.29, 0.717) is 11.8 Å². The van der Waals surface area contributed by atoms with Crippen molar-refractivity contribution in [3.05, 3.63) is 174 Å². The predicted octanol–water partition coefficient (Wildman–Crippen LogP) is 12.5. The molecule has 3 aliphatic heterocycles. The van der Waals surface area contributed by atoms with Gasteiger partial charge in [0.2, 0.25) is 0 Å². The van der Waals surface area contributed by atoms with Crippen molar-refractivity contribution in [2.24, 2.45) is 23.7 Å². The summed E-state index contributed by atoms with van der Waals surface area (Å²) in [6.45, 7) is 7.18. The molecule has 0 unspecified atom stereocenters. The molecule has 2 nitrogen and oxygen atoms in total. The average Bonchev–Trinajstić information content (AvgIpc) is 3.26. The molecule has 3 heterocycles. The fraction of sp³-hybridized carbons (Fsp3) is 0.250. The van der Waals surface area contributed by atoms with Crippen LogP contribution in [0, 0.1) is 23.7 Å². The van der Waals surface area contributed by atoms with Crippen LogP contribution in [-0.2, 0) is 10.8 Å². The van der Waals surface area contributed by atoms with E-state index in [4.69, 9.17) is 0 Å². The molecule has 7 aliphatic rings. The molecule has 0 aromatic heterocycles. The summed E-state index contributed by atoms with van der Waals surface area (Å²) >= 11 is 0. The third-order valence-corrected chi connectivity index (χ3v) is 15.7. The van der Waals surface area contributed by atoms with Gasteiger partial charge in [-0.2, -0.15) is 0 Å². The number of nitrogens with zero attached hydrogens (tertiary/aromatic N) is 2. The van der Waals surface area contributed by atoms with Crippen molar-refractivity contribution in [1.82, 2.24) is 0 Å². The Balaban J connectivity index is 1.10. The van der Waals surface area contributed by atoms with Crippen LogP contribution in [0.2, 0.25) is 0 Å². The molecule has 0 N–H and O–H groups in total. The van der Waals surface area contributed by atoms with E-state index in [1.54, 1.807) is 11.1 Å². The monoisotopic (exact) mass is 760 g/mol. The van der Waals surface area contributed by atoms with Gasteiger partial charge in [-0.15, -0.1) is 0 Å². The minimum Gasteiger partial charge on any atom is -0.311 e. The highest BCUT2D eigenvalue weighted by Gasteiger charge is 2.62. The average molecular weight is 761 g/mol. The number of fused-ring (bicyclic) bond motifs is 6. The van der Waals surface area contributed by atoms with Gasteiger partial charge in [-0.05, 0) is 159 Å². The maximum Gasteiger partial charge on any atom is 0.252 e. The van der Waals surface area contributed by atoms with Crippen LogP contribution in [0.4, 0.5) is 34.1 Å². The highest BCUT2D eigenvalue weighted by Crippen LogP contribution is 2.69. The fourth-order valence-electron chi connectivity index (χ4n) is 13.6. The zero-order valence-corrected chi connectivity index (χ0v) is 34.3. The molecule has 286 valence electrons. The Labute approximate surface area is 349 Å². The van der Waals surface area contributed by atoms with E-state index in [-0.39, 0.29) is 17.5 Å². The molecular weight excluding hydrogens is 711 g/mol. The Morgan fingerprint density at radius 2 is 1.05 bits per heavy atom. The molecule has 0 saturated heterocycles. The van der Waals surface area contributed by atoms with Gasteiger partial charge in [0.05, 0.1) is 5.69 Å². The van der Waals surface area contributed by atoms with Crippen molar-refractivity contribution in [3.63, 3.8) is 0 Å². The lowest BCUT2D eigenvalue weighted by molar-refractivity contribution is -0.0419. The first-order valence-corrected chi connectivity index (χ1v) is 22.2. The van der Waals surface area contributed by atoms with Crippen LogP contribution in [-0.4, -0.2) is 6.71 Å². The Bertz CT molecular complexity index is 2770.